The molecule has 0 aromatic carbocycles. The monoisotopic (exact) mass is 228 g/mol. The molecule has 0 aliphatic heterocycles. The lowest BCUT2D eigenvalue weighted by molar-refractivity contribution is -0.123. The minimum Gasteiger partial charge on any atom is -0.391 e. The number of aliphatic hydroxyl groups excluding tert-OH is 1. The molecule has 0 aromatic heterocycles. The molecular formula is C12H24N2O2. The first kappa shape index (κ1) is 13.5. The molecule has 1 aliphatic carbocycles. The van der Waals surface area contributed by atoms with Crippen molar-refractivity contribution >= 4 is 5.91 Å². The zero-order chi connectivity index (χ0) is 11.8. The molecule has 1 saturated carbocycles. The number of nitrogens with one attached hydrogen (secondary N) is 1. The van der Waals surface area contributed by atoms with Gasteiger partial charge in [-0.3, -0.25) is 4.79 Å². The van der Waals surface area contributed by atoms with E-state index in [4.69, 9.17) is 5.73 Å². The van der Waals surface area contributed by atoms with Crippen molar-refractivity contribution in [2.45, 2.75) is 63.5 Å². The third kappa shape index (κ3) is 4.94. The van der Waals surface area contributed by atoms with Crippen LogP contribution in [-0.2, 0) is 4.79 Å². The summed E-state index contributed by atoms with van der Waals surface area (Å²) in [6, 6.07) is -0.0178. The molecule has 1 aliphatic rings. The summed E-state index contributed by atoms with van der Waals surface area (Å²) in [6.45, 7) is 0.697. The van der Waals surface area contributed by atoms with Crippen molar-refractivity contribution in [3.05, 3.63) is 0 Å². The van der Waals surface area contributed by atoms with E-state index in [1.165, 1.54) is 0 Å². The lowest BCUT2D eigenvalue weighted by Gasteiger charge is -2.28. The van der Waals surface area contributed by atoms with Gasteiger partial charge in [-0.15, -0.1) is 0 Å². The second kappa shape index (κ2) is 7.63. The van der Waals surface area contributed by atoms with Crippen molar-refractivity contribution in [3.63, 3.8) is 0 Å². The van der Waals surface area contributed by atoms with Gasteiger partial charge in [-0.05, 0) is 32.2 Å². The molecule has 0 bridgehead atoms. The van der Waals surface area contributed by atoms with Crippen molar-refractivity contribution in [2.24, 2.45) is 5.73 Å². The van der Waals surface area contributed by atoms with Gasteiger partial charge in [0.25, 0.3) is 0 Å². The van der Waals surface area contributed by atoms with Crippen LogP contribution in [0.3, 0.4) is 0 Å². The Labute approximate surface area is 97.6 Å². The Bertz CT molecular complexity index is 209. The van der Waals surface area contributed by atoms with E-state index in [0.29, 0.717) is 13.0 Å². The van der Waals surface area contributed by atoms with Crippen molar-refractivity contribution in [3.8, 4) is 0 Å². The average Bonchev–Trinajstić information content (AvgIpc) is 2.28. The SMILES string of the molecule is NCCCCCC(=O)NC1CCCCC1O. The summed E-state index contributed by atoms with van der Waals surface area (Å²) in [6.07, 6.45) is 7.01. The van der Waals surface area contributed by atoms with Crippen molar-refractivity contribution in [1.29, 1.82) is 0 Å². The lowest BCUT2D eigenvalue weighted by atomic mass is 9.92. The molecule has 94 valence electrons. The highest BCUT2D eigenvalue weighted by Crippen LogP contribution is 2.18. The number of hydrogen-bond donors (Lipinski definition) is 3. The molecule has 0 saturated heterocycles. The van der Waals surface area contributed by atoms with Crippen LogP contribution in [0, 0.1) is 0 Å². The van der Waals surface area contributed by atoms with E-state index in [1.807, 2.05) is 0 Å². The van der Waals surface area contributed by atoms with Crippen LogP contribution in [0.5, 0.6) is 0 Å². The molecule has 4 N–H and O–H groups in total. The van der Waals surface area contributed by atoms with Crippen LogP contribution in [0.2, 0.25) is 0 Å². The Kier molecular flexibility index (Phi) is 6.42. The van der Waals surface area contributed by atoms with E-state index >= 15 is 0 Å². The molecule has 2 atom stereocenters. The molecule has 2 unspecified atom stereocenters. The van der Waals surface area contributed by atoms with Crippen LogP contribution in [0.1, 0.15) is 51.4 Å². The van der Waals surface area contributed by atoms with Crippen LogP contribution in [-0.4, -0.2) is 29.7 Å². The molecule has 16 heavy (non-hydrogen) atoms. The van der Waals surface area contributed by atoms with Gasteiger partial charge in [-0.25, -0.2) is 0 Å². The molecule has 0 heterocycles. The number of nitrogens with two attached hydrogens (primary N) is 1. The highest BCUT2D eigenvalue weighted by molar-refractivity contribution is 5.76. The first-order valence-electron chi connectivity index (χ1n) is 6.41. The largest absolute Gasteiger partial charge is 0.391 e. The van der Waals surface area contributed by atoms with Crippen molar-refractivity contribution < 1.29 is 9.90 Å². The normalized spacial score (nSPS) is 25.4. The zero-order valence-corrected chi connectivity index (χ0v) is 9.95. The summed E-state index contributed by atoms with van der Waals surface area (Å²) in [5, 5.41) is 12.6. The predicted molar refractivity (Wildman–Crippen MR) is 63.9 cm³/mol. The zero-order valence-electron chi connectivity index (χ0n) is 9.95. The Morgan fingerprint density at radius 2 is 2.00 bits per heavy atom. The number of hydrogen-bond acceptors (Lipinski definition) is 3. The third-order valence-electron chi connectivity index (χ3n) is 3.18. The van der Waals surface area contributed by atoms with Crippen LogP contribution >= 0.6 is 0 Å². The highest BCUT2D eigenvalue weighted by Gasteiger charge is 2.23. The number of rotatable bonds is 6. The maximum atomic E-state index is 11.6. The van der Waals surface area contributed by atoms with E-state index in [0.717, 1.165) is 44.9 Å². The van der Waals surface area contributed by atoms with E-state index < -0.39 is 0 Å². The van der Waals surface area contributed by atoms with Crippen molar-refractivity contribution in [2.75, 3.05) is 6.54 Å². The second-order valence-corrected chi connectivity index (χ2v) is 4.63. The average molecular weight is 228 g/mol. The van der Waals surface area contributed by atoms with Gasteiger partial charge in [0.05, 0.1) is 12.1 Å². The molecular weight excluding hydrogens is 204 g/mol. The first-order valence-corrected chi connectivity index (χ1v) is 6.41. The maximum Gasteiger partial charge on any atom is 0.220 e. The minimum atomic E-state index is -0.346. The Morgan fingerprint density at radius 3 is 2.69 bits per heavy atom. The van der Waals surface area contributed by atoms with Gasteiger partial charge in [0.1, 0.15) is 0 Å². The van der Waals surface area contributed by atoms with Crippen LogP contribution in [0.15, 0.2) is 0 Å². The fourth-order valence-corrected chi connectivity index (χ4v) is 2.17. The summed E-state index contributed by atoms with van der Waals surface area (Å²) in [7, 11) is 0. The topological polar surface area (TPSA) is 75.4 Å². The number of aliphatic hydroxyl groups is 1. The molecule has 4 heteroatoms. The standard InChI is InChI=1S/C12H24N2O2/c13-9-5-1-2-8-12(16)14-10-6-3-4-7-11(10)15/h10-11,15H,1-9,13H2,(H,14,16). The summed E-state index contributed by atoms with van der Waals surface area (Å²) >= 11 is 0. The highest BCUT2D eigenvalue weighted by atomic mass is 16.3. The third-order valence-corrected chi connectivity index (χ3v) is 3.18. The van der Waals surface area contributed by atoms with Crippen LogP contribution < -0.4 is 11.1 Å². The number of unbranched alkanes of at least 4 members (excludes halogenated alkanes) is 2. The minimum absolute atomic E-state index is 0.0178. The van der Waals surface area contributed by atoms with Gasteiger partial charge < -0.3 is 16.2 Å². The molecule has 0 aromatic rings. The van der Waals surface area contributed by atoms with Crippen LogP contribution in [0.25, 0.3) is 0 Å². The van der Waals surface area contributed by atoms with Gasteiger partial charge in [0.2, 0.25) is 5.91 Å². The molecule has 1 amide bonds. The quantitative estimate of drug-likeness (QED) is 0.592. The Morgan fingerprint density at radius 1 is 1.25 bits per heavy atom. The fourth-order valence-electron chi connectivity index (χ4n) is 2.17. The van der Waals surface area contributed by atoms with E-state index in [1.54, 1.807) is 0 Å². The Hall–Kier alpha value is -0.610. The summed E-state index contributed by atoms with van der Waals surface area (Å²) < 4.78 is 0. The second-order valence-electron chi connectivity index (χ2n) is 4.63. The van der Waals surface area contributed by atoms with Crippen molar-refractivity contribution in [1.82, 2.24) is 5.32 Å². The lowest BCUT2D eigenvalue weighted by Crippen LogP contribution is -2.44. The van der Waals surface area contributed by atoms with Gasteiger partial charge in [0, 0.05) is 6.42 Å². The summed E-state index contributed by atoms with van der Waals surface area (Å²) in [4.78, 5) is 11.6. The fraction of sp³-hybridized carbons (Fsp3) is 0.917. The number of amides is 1. The molecule has 1 fully saturated rings. The molecule has 1 rings (SSSR count). The van der Waals surface area contributed by atoms with Crippen LogP contribution in [0.4, 0.5) is 0 Å². The first-order chi connectivity index (χ1) is 7.74. The molecule has 0 spiro atoms. The maximum absolute atomic E-state index is 11.6. The van der Waals surface area contributed by atoms with E-state index in [-0.39, 0.29) is 18.1 Å². The van der Waals surface area contributed by atoms with Gasteiger partial charge >= 0.3 is 0 Å². The molecule has 0 radical (unpaired) electrons. The molecule has 4 nitrogen and oxygen atoms in total. The predicted octanol–water partition coefficient (Wildman–Crippen LogP) is 0.925. The smallest absolute Gasteiger partial charge is 0.220 e. The van der Waals surface area contributed by atoms with E-state index in [2.05, 4.69) is 5.32 Å². The van der Waals surface area contributed by atoms with Gasteiger partial charge in [0.15, 0.2) is 0 Å². The van der Waals surface area contributed by atoms with Gasteiger partial charge in [-0.2, -0.15) is 0 Å². The number of carbonyl (C=O) groups is 1. The number of carbonyl (C=O) groups excluding carboxylic acids is 1. The summed E-state index contributed by atoms with van der Waals surface area (Å²) in [5.41, 5.74) is 5.38. The van der Waals surface area contributed by atoms with E-state index in [9.17, 15) is 9.90 Å². The summed E-state index contributed by atoms with van der Waals surface area (Å²) in [5.74, 6) is 0.0722. The Balaban J connectivity index is 2.12. The van der Waals surface area contributed by atoms with Gasteiger partial charge in [-0.1, -0.05) is 19.3 Å².